The van der Waals surface area contributed by atoms with Crippen molar-refractivity contribution in [1.82, 2.24) is 4.98 Å². The molecule has 6 rings (SSSR count). The fourth-order valence-electron chi connectivity index (χ4n) is 3.84. The summed E-state index contributed by atoms with van der Waals surface area (Å²) in [6.07, 6.45) is 3.63. The predicted octanol–water partition coefficient (Wildman–Crippen LogP) is 6.55. The quantitative estimate of drug-likeness (QED) is 0.342. The van der Waals surface area contributed by atoms with Gasteiger partial charge in [-0.1, -0.05) is 42.5 Å². The van der Waals surface area contributed by atoms with Crippen LogP contribution >= 0.6 is 0 Å². The molecule has 0 spiro atoms. The first-order chi connectivity index (χ1) is 12.9. The fourth-order valence-corrected chi connectivity index (χ4v) is 3.84. The maximum absolute atomic E-state index is 6.29. The standard InChI is InChI=1S/C23H13NO2/c1-3-9-18-15(7-1)21-20(25-18)12-17(14-6-5-11-24-13-14)23-22(21)16-8-2-4-10-19(16)26-23/h1-13H. The minimum atomic E-state index is 0.865. The number of pyridine rings is 1. The van der Waals surface area contributed by atoms with Crippen molar-refractivity contribution in [2.75, 3.05) is 0 Å². The van der Waals surface area contributed by atoms with Gasteiger partial charge in [0.2, 0.25) is 0 Å². The van der Waals surface area contributed by atoms with Crippen LogP contribution in [0.1, 0.15) is 0 Å². The monoisotopic (exact) mass is 335 g/mol. The molecular formula is C23H13NO2. The van der Waals surface area contributed by atoms with Crippen LogP contribution in [0, 0.1) is 0 Å². The number of fused-ring (bicyclic) bond motifs is 7. The van der Waals surface area contributed by atoms with Crippen LogP contribution in [0.15, 0.2) is 88.0 Å². The minimum Gasteiger partial charge on any atom is -0.456 e. The Bertz CT molecular complexity index is 1420. The Hall–Kier alpha value is -3.59. The number of rotatable bonds is 1. The third-order valence-electron chi connectivity index (χ3n) is 4.96. The lowest BCUT2D eigenvalue weighted by Crippen LogP contribution is -1.81. The molecule has 6 aromatic rings. The van der Waals surface area contributed by atoms with Gasteiger partial charge in [0.1, 0.15) is 22.3 Å². The molecule has 0 saturated heterocycles. The molecule has 26 heavy (non-hydrogen) atoms. The highest BCUT2D eigenvalue weighted by Gasteiger charge is 2.20. The van der Waals surface area contributed by atoms with Gasteiger partial charge in [-0.3, -0.25) is 4.98 Å². The van der Waals surface area contributed by atoms with E-state index >= 15 is 0 Å². The van der Waals surface area contributed by atoms with E-state index in [0.29, 0.717) is 0 Å². The van der Waals surface area contributed by atoms with E-state index in [2.05, 4.69) is 23.2 Å². The number of para-hydroxylation sites is 2. The Morgan fingerprint density at radius 1 is 0.654 bits per heavy atom. The van der Waals surface area contributed by atoms with Gasteiger partial charge in [-0.25, -0.2) is 0 Å². The zero-order valence-corrected chi connectivity index (χ0v) is 13.8. The Morgan fingerprint density at radius 2 is 1.38 bits per heavy atom. The molecule has 3 aromatic heterocycles. The van der Waals surface area contributed by atoms with Crippen LogP contribution in [0.2, 0.25) is 0 Å². The Kier molecular flexibility index (Phi) is 2.61. The molecule has 0 atom stereocenters. The molecule has 3 aromatic carbocycles. The average Bonchev–Trinajstić information content (AvgIpc) is 3.26. The minimum absolute atomic E-state index is 0.865. The lowest BCUT2D eigenvalue weighted by Gasteiger charge is -2.03. The third-order valence-corrected chi connectivity index (χ3v) is 4.96. The molecule has 122 valence electrons. The predicted molar refractivity (Wildman–Crippen MR) is 104 cm³/mol. The summed E-state index contributed by atoms with van der Waals surface area (Å²) in [5.74, 6) is 0. The molecule has 3 nitrogen and oxygen atoms in total. The molecule has 0 aliphatic carbocycles. The fraction of sp³-hybridized carbons (Fsp3) is 0. The lowest BCUT2D eigenvalue weighted by atomic mass is 9.99. The number of hydrogen-bond donors (Lipinski definition) is 0. The molecule has 3 heterocycles. The molecule has 0 saturated carbocycles. The smallest absolute Gasteiger partial charge is 0.144 e. The summed E-state index contributed by atoms with van der Waals surface area (Å²) < 4.78 is 12.5. The van der Waals surface area contributed by atoms with Crippen LogP contribution in [0.4, 0.5) is 0 Å². The number of hydrogen-bond acceptors (Lipinski definition) is 3. The molecular weight excluding hydrogens is 322 g/mol. The largest absolute Gasteiger partial charge is 0.456 e. The summed E-state index contributed by atoms with van der Waals surface area (Å²) in [4.78, 5) is 4.27. The highest BCUT2D eigenvalue weighted by atomic mass is 16.3. The van der Waals surface area contributed by atoms with E-state index in [1.54, 1.807) is 6.20 Å². The number of nitrogens with zero attached hydrogens (tertiary/aromatic N) is 1. The topological polar surface area (TPSA) is 39.2 Å². The molecule has 0 unspecified atom stereocenters. The van der Waals surface area contributed by atoms with Crippen LogP contribution in [0.3, 0.4) is 0 Å². The van der Waals surface area contributed by atoms with Crippen LogP contribution in [-0.2, 0) is 0 Å². The van der Waals surface area contributed by atoms with E-state index in [0.717, 1.165) is 55.0 Å². The van der Waals surface area contributed by atoms with E-state index in [1.807, 2.05) is 54.7 Å². The summed E-state index contributed by atoms with van der Waals surface area (Å²) >= 11 is 0. The van der Waals surface area contributed by atoms with Crippen molar-refractivity contribution in [3.63, 3.8) is 0 Å². The second-order valence-corrected chi connectivity index (χ2v) is 6.44. The van der Waals surface area contributed by atoms with Gasteiger partial charge in [-0.15, -0.1) is 0 Å². The van der Waals surface area contributed by atoms with Gasteiger partial charge in [0.25, 0.3) is 0 Å². The molecule has 0 bridgehead atoms. The van der Waals surface area contributed by atoms with Crippen molar-refractivity contribution < 1.29 is 8.83 Å². The highest BCUT2D eigenvalue weighted by Crippen LogP contribution is 2.44. The van der Waals surface area contributed by atoms with Gasteiger partial charge in [0.05, 0.1) is 0 Å². The number of benzene rings is 3. The summed E-state index contributed by atoms with van der Waals surface area (Å²) in [6, 6.07) is 22.4. The van der Waals surface area contributed by atoms with Crippen LogP contribution in [0.5, 0.6) is 0 Å². The van der Waals surface area contributed by atoms with Crippen molar-refractivity contribution in [2.24, 2.45) is 0 Å². The summed E-state index contributed by atoms with van der Waals surface area (Å²) in [5.41, 5.74) is 5.51. The second kappa shape index (κ2) is 4.96. The van der Waals surface area contributed by atoms with Crippen LogP contribution < -0.4 is 0 Å². The van der Waals surface area contributed by atoms with Gasteiger partial charge >= 0.3 is 0 Å². The molecule has 0 radical (unpaired) electrons. The molecule has 0 N–H and O–H groups in total. The maximum atomic E-state index is 6.29. The highest BCUT2D eigenvalue weighted by molar-refractivity contribution is 6.28. The summed E-state index contributed by atoms with van der Waals surface area (Å²) in [5, 5.41) is 4.41. The lowest BCUT2D eigenvalue weighted by molar-refractivity contribution is 0.664. The molecule has 0 amide bonds. The number of aromatic nitrogens is 1. The van der Waals surface area contributed by atoms with Gasteiger partial charge in [-0.2, -0.15) is 0 Å². The van der Waals surface area contributed by atoms with Crippen molar-refractivity contribution in [3.05, 3.63) is 79.1 Å². The third kappa shape index (κ3) is 1.74. The molecule has 3 heteroatoms. The van der Waals surface area contributed by atoms with Crippen LogP contribution in [0.25, 0.3) is 55.0 Å². The van der Waals surface area contributed by atoms with Gasteiger partial charge < -0.3 is 8.83 Å². The zero-order chi connectivity index (χ0) is 17.1. The van der Waals surface area contributed by atoms with Crippen molar-refractivity contribution in [3.8, 4) is 11.1 Å². The average molecular weight is 335 g/mol. The van der Waals surface area contributed by atoms with Gasteiger partial charge in [-0.05, 0) is 24.3 Å². The SMILES string of the molecule is c1cncc(-c2cc3oc4ccccc4c3c3c2oc2ccccc23)c1. The molecule has 0 aliphatic rings. The Labute approximate surface area is 148 Å². The maximum Gasteiger partial charge on any atom is 0.144 e. The van der Waals surface area contributed by atoms with Crippen molar-refractivity contribution in [2.45, 2.75) is 0 Å². The van der Waals surface area contributed by atoms with Crippen molar-refractivity contribution in [1.29, 1.82) is 0 Å². The molecule has 0 aliphatic heterocycles. The first kappa shape index (κ1) is 13.7. The summed E-state index contributed by atoms with van der Waals surface area (Å²) in [6.45, 7) is 0. The van der Waals surface area contributed by atoms with E-state index in [-0.39, 0.29) is 0 Å². The van der Waals surface area contributed by atoms with Crippen molar-refractivity contribution >= 4 is 43.9 Å². The van der Waals surface area contributed by atoms with Gasteiger partial charge in [0, 0.05) is 45.1 Å². The van der Waals surface area contributed by atoms with E-state index < -0.39 is 0 Å². The molecule has 0 fully saturated rings. The van der Waals surface area contributed by atoms with E-state index in [1.165, 1.54) is 0 Å². The van der Waals surface area contributed by atoms with E-state index in [9.17, 15) is 0 Å². The normalized spacial score (nSPS) is 11.8. The Balaban J connectivity index is 1.92. The zero-order valence-electron chi connectivity index (χ0n) is 13.8. The second-order valence-electron chi connectivity index (χ2n) is 6.44. The first-order valence-corrected chi connectivity index (χ1v) is 8.56. The Morgan fingerprint density at radius 3 is 2.15 bits per heavy atom. The van der Waals surface area contributed by atoms with Gasteiger partial charge in [0.15, 0.2) is 0 Å². The number of furan rings is 2. The first-order valence-electron chi connectivity index (χ1n) is 8.56. The van der Waals surface area contributed by atoms with E-state index in [4.69, 9.17) is 8.83 Å². The summed E-state index contributed by atoms with van der Waals surface area (Å²) in [7, 11) is 0. The van der Waals surface area contributed by atoms with Crippen LogP contribution in [-0.4, -0.2) is 4.98 Å².